The minimum absolute atomic E-state index is 0.329. The third-order valence-electron chi connectivity index (χ3n) is 2.76. The third-order valence-corrected chi connectivity index (χ3v) is 2.76. The molecule has 0 unspecified atom stereocenters. The van der Waals surface area contributed by atoms with Crippen molar-refractivity contribution in [2.75, 3.05) is 0 Å². The van der Waals surface area contributed by atoms with Crippen molar-refractivity contribution in [3.05, 3.63) is 58.0 Å². The summed E-state index contributed by atoms with van der Waals surface area (Å²) in [5, 5.41) is 3.00. The molecule has 0 aliphatic carbocycles. The van der Waals surface area contributed by atoms with E-state index in [1.807, 2.05) is 45.0 Å². The summed E-state index contributed by atoms with van der Waals surface area (Å²) in [6.45, 7) is 5.92. The molecular weight excluding hydrogens is 226 g/mol. The number of benzene rings is 2. The average Bonchev–Trinajstić information content (AvgIpc) is 2.34. The van der Waals surface area contributed by atoms with E-state index in [-0.39, 0.29) is 0 Å². The molecule has 18 heavy (non-hydrogen) atoms. The Labute approximate surface area is 106 Å². The maximum Gasteiger partial charge on any atom is 0.156 e. The second kappa shape index (κ2) is 5.00. The molecule has 3 nitrogen and oxygen atoms in total. The van der Waals surface area contributed by atoms with Gasteiger partial charge in [-0.15, -0.1) is 4.91 Å². The van der Waals surface area contributed by atoms with Crippen LogP contribution in [0.2, 0.25) is 0 Å². The van der Waals surface area contributed by atoms with Gasteiger partial charge in [0, 0.05) is 0 Å². The van der Waals surface area contributed by atoms with Crippen molar-refractivity contribution in [3.8, 4) is 11.5 Å². The summed E-state index contributed by atoms with van der Waals surface area (Å²) >= 11 is 0. The molecule has 0 bridgehead atoms. The molecule has 0 N–H and O–H groups in total. The van der Waals surface area contributed by atoms with Crippen LogP contribution in [0, 0.1) is 25.7 Å². The van der Waals surface area contributed by atoms with Crippen LogP contribution in [-0.2, 0) is 0 Å². The fourth-order valence-electron chi connectivity index (χ4n) is 1.82. The van der Waals surface area contributed by atoms with Gasteiger partial charge in [-0.25, -0.2) is 0 Å². The lowest BCUT2D eigenvalue weighted by Crippen LogP contribution is -1.89. The zero-order valence-electron chi connectivity index (χ0n) is 10.7. The first-order valence-corrected chi connectivity index (χ1v) is 5.79. The van der Waals surface area contributed by atoms with Crippen LogP contribution in [0.25, 0.3) is 0 Å². The van der Waals surface area contributed by atoms with Gasteiger partial charge in [0.1, 0.15) is 5.75 Å². The number of aryl methyl sites for hydroxylation is 3. The van der Waals surface area contributed by atoms with Gasteiger partial charge < -0.3 is 4.74 Å². The summed E-state index contributed by atoms with van der Waals surface area (Å²) in [6.07, 6.45) is 0. The van der Waals surface area contributed by atoms with Crippen LogP contribution >= 0.6 is 0 Å². The van der Waals surface area contributed by atoms with Gasteiger partial charge >= 0.3 is 0 Å². The Morgan fingerprint density at radius 2 is 1.50 bits per heavy atom. The van der Waals surface area contributed by atoms with E-state index >= 15 is 0 Å². The molecule has 0 amide bonds. The zero-order chi connectivity index (χ0) is 13.1. The van der Waals surface area contributed by atoms with E-state index in [2.05, 4.69) is 5.18 Å². The number of rotatable bonds is 3. The Morgan fingerprint density at radius 3 is 2.11 bits per heavy atom. The molecular formula is C15H15NO2. The van der Waals surface area contributed by atoms with Crippen LogP contribution in [0.4, 0.5) is 5.69 Å². The first-order valence-electron chi connectivity index (χ1n) is 5.79. The van der Waals surface area contributed by atoms with Crippen molar-refractivity contribution < 1.29 is 4.74 Å². The lowest BCUT2D eigenvalue weighted by atomic mass is 10.1. The predicted molar refractivity (Wildman–Crippen MR) is 72.6 cm³/mol. The molecule has 0 fully saturated rings. The smallest absolute Gasteiger partial charge is 0.156 e. The van der Waals surface area contributed by atoms with E-state index in [1.165, 1.54) is 5.56 Å². The summed E-state index contributed by atoms with van der Waals surface area (Å²) in [5.74, 6) is 1.23. The molecule has 2 rings (SSSR count). The van der Waals surface area contributed by atoms with E-state index in [1.54, 1.807) is 12.1 Å². The first kappa shape index (κ1) is 12.3. The predicted octanol–water partition coefficient (Wildman–Crippen LogP) is 4.80. The van der Waals surface area contributed by atoms with Gasteiger partial charge in [-0.1, -0.05) is 23.8 Å². The first-order chi connectivity index (χ1) is 8.60. The van der Waals surface area contributed by atoms with Crippen molar-refractivity contribution in [3.63, 3.8) is 0 Å². The number of hydrogen-bond acceptors (Lipinski definition) is 3. The SMILES string of the molecule is Cc1ccc(Oc2ccc(C)cc2N=O)c(C)c1. The van der Waals surface area contributed by atoms with E-state index < -0.39 is 0 Å². The van der Waals surface area contributed by atoms with Gasteiger partial charge in [-0.05, 0) is 55.3 Å². The molecule has 2 aromatic rings. The monoisotopic (exact) mass is 241 g/mol. The maximum absolute atomic E-state index is 10.8. The molecule has 0 heterocycles. The van der Waals surface area contributed by atoms with Gasteiger partial charge in [-0.3, -0.25) is 0 Å². The lowest BCUT2D eigenvalue weighted by Gasteiger charge is -2.10. The normalized spacial score (nSPS) is 10.2. The number of nitrogens with zero attached hydrogens (tertiary/aromatic N) is 1. The Kier molecular flexibility index (Phi) is 3.42. The van der Waals surface area contributed by atoms with E-state index in [0.717, 1.165) is 16.9 Å². The van der Waals surface area contributed by atoms with Gasteiger partial charge in [0.25, 0.3) is 0 Å². The van der Waals surface area contributed by atoms with Crippen molar-refractivity contribution in [2.24, 2.45) is 5.18 Å². The molecule has 0 radical (unpaired) electrons. The second-order valence-corrected chi connectivity index (χ2v) is 4.43. The number of ether oxygens (including phenoxy) is 1. The summed E-state index contributed by atoms with van der Waals surface area (Å²) in [6, 6.07) is 11.3. The maximum atomic E-state index is 10.8. The molecule has 2 aromatic carbocycles. The van der Waals surface area contributed by atoms with Crippen LogP contribution in [0.5, 0.6) is 11.5 Å². The standard InChI is InChI=1S/C15H15NO2/c1-10-4-6-14(12(3)8-10)18-15-7-5-11(2)9-13(15)16-17/h4-9H,1-3H3. The van der Waals surface area contributed by atoms with E-state index in [0.29, 0.717) is 11.4 Å². The van der Waals surface area contributed by atoms with E-state index in [4.69, 9.17) is 4.74 Å². The lowest BCUT2D eigenvalue weighted by molar-refractivity contribution is 0.480. The van der Waals surface area contributed by atoms with Crippen LogP contribution in [-0.4, -0.2) is 0 Å². The molecule has 0 aliphatic heterocycles. The van der Waals surface area contributed by atoms with Gasteiger partial charge in [0.05, 0.1) is 0 Å². The zero-order valence-corrected chi connectivity index (χ0v) is 10.7. The molecule has 0 atom stereocenters. The molecule has 92 valence electrons. The molecule has 0 saturated carbocycles. The molecule has 0 aliphatic rings. The quantitative estimate of drug-likeness (QED) is 0.724. The van der Waals surface area contributed by atoms with Crippen molar-refractivity contribution >= 4 is 5.69 Å². The van der Waals surface area contributed by atoms with Gasteiger partial charge in [-0.2, -0.15) is 0 Å². The minimum atomic E-state index is 0.329. The van der Waals surface area contributed by atoms with Gasteiger partial charge in [0.15, 0.2) is 11.4 Å². The Morgan fingerprint density at radius 1 is 0.889 bits per heavy atom. The Hall–Kier alpha value is -2.16. The average molecular weight is 241 g/mol. The third kappa shape index (κ3) is 2.56. The summed E-state index contributed by atoms with van der Waals surface area (Å²) in [5.41, 5.74) is 3.53. The highest BCUT2D eigenvalue weighted by Crippen LogP contribution is 2.33. The number of hydrogen-bond donors (Lipinski definition) is 0. The molecule has 0 spiro atoms. The molecule has 0 saturated heterocycles. The second-order valence-electron chi connectivity index (χ2n) is 4.43. The van der Waals surface area contributed by atoms with E-state index in [9.17, 15) is 4.91 Å². The minimum Gasteiger partial charge on any atom is -0.455 e. The summed E-state index contributed by atoms with van der Waals surface area (Å²) in [4.78, 5) is 10.8. The highest BCUT2D eigenvalue weighted by Gasteiger charge is 2.07. The molecule has 0 aromatic heterocycles. The Bertz CT molecular complexity index is 591. The fourth-order valence-corrected chi connectivity index (χ4v) is 1.82. The van der Waals surface area contributed by atoms with Crippen molar-refractivity contribution in [1.29, 1.82) is 0 Å². The van der Waals surface area contributed by atoms with Gasteiger partial charge in [0.2, 0.25) is 0 Å². The topological polar surface area (TPSA) is 38.7 Å². The highest BCUT2D eigenvalue weighted by atomic mass is 16.5. The summed E-state index contributed by atoms with van der Waals surface area (Å²) < 4.78 is 5.75. The summed E-state index contributed by atoms with van der Waals surface area (Å²) in [7, 11) is 0. The van der Waals surface area contributed by atoms with Crippen LogP contribution in [0.15, 0.2) is 41.6 Å². The fraction of sp³-hybridized carbons (Fsp3) is 0.200. The van der Waals surface area contributed by atoms with Crippen LogP contribution < -0.4 is 4.74 Å². The van der Waals surface area contributed by atoms with Crippen LogP contribution in [0.3, 0.4) is 0 Å². The largest absolute Gasteiger partial charge is 0.455 e. The number of nitroso groups, excluding NO2 is 1. The Balaban J connectivity index is 2.36. The van der Waals surface area contributed by atoms with Crippen molar-refractivity contribution in [2.45, 2.75) is 20.8 Å². The van der Waals surface area contributed by atoms with Crippen molar-refractivity contribution in [1.82, 2.24) is 0 Å². The molecule has 3 heteroatoms. The highest BCUT2D eigenvalue weighted by molar-refractivity contribution is 5.55. The van der Waals surface area contributed by atoms with Crippen LogP contribution in [0.1, 0.15) is 16.7 Å².